The monoisotopic (exact) mass is 527 g/mol. The maximum Gasteiger partial charge on any atom is 0.249 e. The summed E-state index contributed by atoms with van der Waals surface area (Å²) in [5.41, 5.74) is 0. The SMILES string of the molecule is CCCCCC/C=C\CCC(O)C(=O)NC(CO)C(O)C(O)CCCCCCCCCCCCCCC. The maximum absolute atomic E-state index is 12.3. The lowest BCUT2D eigenvalue weighted by Gasteiger charge is -2.27. The third-order valence-corrected chi connectivity index (χ3v) is 7.23. The summed E-state index contributed by atoms with van der Waals surface area (Å²) in [6, 6.07) is -0.992. The lowest BCUT2D eigenvalue weighted by Crippen LogP contribution is -2.53. The molecule has 0 radical (unpaired) electrons. The molecule has 0 fully saturated rings. The average molecular weight is 528 g/mol. The summed E-state index contributed by atoms with van der Waals surface area (Å²) in [7, 11) is 0. The molecule has 0 aliphatic rings. The van der Waals surface area contributed by atoms with Crippen molar-refractivity contribution >= 4 is 5.91 Å². The molecular weight excluding hydrogens is 466 g/mol. The molecule has 0 aromatic carbocycles. The summed E-state index contributed by atoms with van der Waals surface area (Å²) in [6.07, 6.45) is 23.9. The third kappa shape index (κ3) is 21.7. The van der Waals surface area contributed by atoms with Crippen LogP contribution in [-0.2, 0) is 4.79 Å². The summed E-state index contributed by atoms with van der Waals surface area (Å²) in [5.74, 6) is -0.623. The summed E-state index contributed by atoms with van der Waals surface area (Å²) in [6.45, 7) is 3.94. The lowest BCUT2D eigenvalue weighted by molar-refractivity contribution is -0.132. The van der Waals surface area contributed by atoms with Crippen molar-refractivity contribution < 1.29 is 25.2 Å². The van der Waals surface area contributed by atoms with Gasteiger partial charge in [0.15, 0.2) is 0 Å². The van der Waals surface area contributed by atoms with Crippen molar-refractivity contribution in [3.05, 3.63) is 12.2 Å². The smallest absolute Gasteiger partial charge is 0.249 e. The molecule has 6 nitrogen and oxygen atoms in total. The quantitative estimate of drug-likeness (QED) is 0.0633. The number of carbonyl (C=O) groups is 1. The van der Waals surface area contributed by atoms with E-state index in [0.29, 0.717) is 12.8 Å². The van der Waals surface area contributed by atoms with Crippen LogP contribution >= 0.6 is 0 Å². The Morgan fingerprint density at radius 2 is 1.11 bits per heavy atom. The molecule has 4 unspecified atom stereocenters. The summed E-state index contributed by atoms with van der Waals surface area (Å²) >= 11 is 0. The predicted octanol–water partition coefficient (Wildman–Crippen LogP) is 6.33. The van der Waals surface area contributed by atoms with E-state index in [1.807, 2.05) is 6.08 Å². The minimum absolute atomic E-state index is 0.285. The molecule has 0 heterocycles. The molecule has 0 spiro atoms. The minimum atomic E-state index is -1.26. The fourth-order valence-corrected chi connectivity index (χ4v) is 4.64. The van der Waals surface area contributed by atoms with Crippen LogP contribution in [0.15, 0.2) is 12.2 Å². The Morgan fingerprint density at radius 1 is 0.649 bits per heavy atom. The lowest BCUT2D eigenvalue weighted by atomic mass is 9.99. The molecule has 0 saturated carbocycles. The molecule has 6 heteroatoms. The number of carbonyl (C=O) groups excluding carboxylic acids is 1. The Morgan fingerprint density at radius 3 is 1.62 bits per heavy atom. The van der Waals surface area contributed by atoms with Crippen molar-refractivity contribution in [1.82, 2.24) is 5.32 Å². The van der Waals surface area contributed by atoms with E-state index in [1.54, 1.807) is 0 Å². The number of rotatable bonds is 27. The van der Waals surface area contributed by atoms with Crippen molar-refractivity contribution in [3.63, 3.8) is 0 Å². The second-order valence-corrected chi connectivity index (χ2v) is 10.8. The number of nitrogens with one attached hydrogen (secondary N) is 1. The van der Waals surface area contributed by atoms with E-state index in [9.17, 15) is 25.2 Å². The second-order valence-electron chi connectivity index (χ2n) is 10.8. The van der Waals surface area contributed by atoms with Crippen LogP contribution in [-0.4, -0.2) is 57.3 Å². The molecule has 0 saturated heterocycles. The highest BCUT2D eigenvalue weighted by Crippen LogP contribution is 2.15. The number of aliphatic hydroxyl groups is 4. The van der Waals surface area contributed by atoms with Crippen LogP contribution in [0.1, 0.15) is 149 Å². The van der Waals surface area contributed by atoms with Gasteiger partial charge in [0.1, 0.15) is 12.2 Å². The Labute approximate surface area is 228 Å². The van der Waals surface area contributed by atoms with Gasteiger partial charge < -0.3 is 25.7 Å². The number of amides is 1. The maximum atomic E-state index is 12.3. The average Bonchev–Trinajstić information content (AvgIpc) is 2.90. The first-order chi connectivity index (χ1) is 18.0. The number of allylic oxidation sites excluding steroid dienone is 2. The first-order valence-corrected chi connectivity index (χ1v) is 15.6. The largest absolute Gasteiger partial charge is 0.394 e. The number of hydrogen-bond acceptors (Lipinski definition) is 5. The van der Waals surface area contributed by atoms with Gasteiger partial charge in [-0.1, -0.05) is 129 Å². The molecule has 1 amide bonds. The topological polar surface area (TPSA) is 110 Å². The molecule has 5 N–H and O–H groups in total. The molecule has 220 valence electrons. The van der Waals surface area contributed by atoms with Crippen LogP contribution in [0.3, 0.4) is 0 Å². The fourth-order valence-electron chi connectivity index (χ4n) is 4.64. The standard InChI is InChI=1S/C31H61NO5/c1-3-5-7-9-11-13-14-15-16-17-19-20-22-24-28(34)30(36)27(26-33)32-31(37)29(35)25-23-21-18-12-10-8-6-4-2/h18,21,27-30,33-36H,3-17,19-20,22-26H2,1-2H3,(H,32,37)/b21-18-. The number of hydrogen-bond donors (Lipinski definition) is 5. The third-order valence-electron chi connectivity index (χ3n) is 7.23. The molecule has 0 aliphatic carbocycles. The van der Waals surface area contributed by atoms with Gasteiger partial charge in [-0.05, 0) is 32.1 Å². The van der Waals surface area contributed by atoms with Gasteiger partial charge in [-0.2, -0.15) is 0 Å². The van der Waals surface area contributed by atoms with E-state index in [1.165, 1.54) is 83.5 Å². The van der Waals surface area contributed by atoms with Gasteiger partial charge in [-0.25, -0.2) is 0 Å². The van der Waals surface area contributed by atoms with Crippen LogP contribution in [0.25, 0.3) is 0 Å². The molecule has 0 rings (SSSR count). The van der Waals surface area contributed by atoms with Gasteiger partial charge in [0.25, 0.3) is 0 Å². The van der Waals surface area contributed by atoms with Crippen molar-refractivity contribution in [2.45, 2.75) is 173 Å². The van der Waals surface area contributed by atoms with Crippen molar-refractivity contribution in [2.75, 3.05) is 6.61 Å². The van der Waals surface area contributed by atoms with Gasteiger partial charge in [0, 0.05) is 0 Å². The summed E-state index contributed by atoms with van der Waals surface area (Å²) in [5, 5.41) is 43.0. The Hall–Kier alpha value is -0.950. The molecular formula is C31H61NO5. The molecule has 37 heavy (non-hydrogen) atoms. The van der Waals surface area contributed by atoms with Crippen LogP contribution in [0, 0.1) is 0 Å². The first kappa shape index (κ1) is 36.0. The summed E-state index contributed by atoms with van der Waals surface area (Å²) < 4.78 is 0. The predicted molar refractivity (Wildman–Crippen MR) is 154 cm³/mol. The molecule has 0 bridgehead atoms. The molecule has 0 aromatic rings. The Bertz CT molecular complexity index is 528. The highest BCUT2D eigenvalue weighted by Gasteiger charge is 2.28. The van der Waals surface area contributed by atoms with Gasteiger partial charge in [0.2, 0.25) is 5.91 Å². The van der Waals surface area contributed by atoms with Gasteiger partial charge in [-0.3, -0.25) is 4.79 Å². The van der Waals surface area contributed by atoms with E-state index in [2.05, 4.69) is 25.2 Å². The van der Waals surface area contributed by atoms with E-state index in [-0.39, 0.29) is 6.42 Å². The number of unbranched alkanes of at least 4 members (excludes halogenated alkanes) is 16. The normalized spacial score (nSPS) is 15.1. The Balaban J connectivity index is 3.92. The van der Waals surface area contributed by atoms with E-state index in [0.717, 1.165) is 32.1 Å². The summed E-state index contributed by atoms with van der Waals surface area (Å²) in [4.78, 5) is 12.3. The van der Waals surface area contributed by atoms with E-state index in [4.69, 9.17) is 0 Å². The molecule has 0 aliphatic heterocycles. The van der Waals surface area contributed by atoms with Crippen LogP contribution in [0.5, 0.6) is 0 Å². The van der Waals surface area contributed by atoms with Crippen molar-refractivity contribution in [1.29, 1.82) is 0 Å². The van der Waals surface area contributed by atoms with E-state index >= 15 is 0 Å². The zero-order chi connectivity index (χ0) is 27.6. The number of aliphatic hydroxyl groups excluding tert-OH is 4. The van der Waals surface area contributed by atoms with Crippen LogP contribution < -0.4 is 5.32 Å². The van der Waals surface area contributed by atoms with E-state index < -0.39 is 36.9 Å². The van der Waals surface area contributed by atoms with Crippen molar-refractivity contribution in [2.24, 2.45) is 0 Å². The highest BCUT2D eigenvalue weighted by molar-refractivity contribution is 5.80. The zero-order valence-electron chi connectivity index (χ0n) is 24.2. The molecule has 0 aromatic heterocycles. The van der Waals surface area contributed by atoms with Crippen LogP contribution in [0.2, 0.25) is 0 Å². The Kier molecular flexibility index (Phi) is 26.0. The van der Waals surface area contributed by atoms with Gasteiger partial charge in [0.05, 0.1) is 18.8 Å². The van der Waals surface area contributed by atoms with Gasteiger partial charge >= 0.3 is 0 Å². The highest BCUT2D eigenvalue weighted by atomic mass is 16.3. The van der Waals surface area contributed by atoms with Crippen LogP contribution in [0.4, 0.5) is 0 Å². The first-order valence-electron chi connectivity index (χ1n) is 15.6. The molecule has 4 atom stereocenters. The second kappa shape index (κ2) is 26.6. The fraction of sp³-hybridized carbons (Fsp3) is 0.903. The zero-order valence-corrected chi connectivity index (χ0v) is 24.2. The van der Waals surface area contributed by atoms with Crippen molar-refractivity contribution in [3.8, 4) is 0 Å². The minimum Gasteiger partial charge on any atom is -0.394 e. The van der Waals surface area contributed by atoms with Gasteiger partial charge in [-0.15, -0.1) is 0 Å².